The summed E-state index contributed by atoms with van der Waals surface area (Å²) in [5.74, 6) is -3.05. The van der Waals surface area contributed by atoms with Gasteiger partial charge in [-0.3, -0.25) is 9.59 Å². The molecule has 3 fully saturated rings. The summed E-state index contributed by atoms with van der Waals surface area (Å²) in [6.45, 7) is 4.40. The van der Waals surface area contributed by atoms with Gasteiger partial charge >= 0.3 is 6.18 Å². The van der Waals surface area contributed by atoms with Crippen LogP contribution in [0.1, 0.15) is 31.4 Å². The maximum atomic E-state index is 13.4. The van der Waals surface area contributed by atoms with Crippen LogP contribution in [0.3, 0.4) is 0 Å². The highest BCUT2D eigenvalue weighted by molar-refractivity contribution is 6.32. The summed E-state index contributed by atoms with van der Waals surface area (Å²) in [4.78, 5) is 26.9. The minimum Gasteiger partial charge on any atom is -0.390 e. The van der Waals surface area contributed by atoms with Crippen LogP contribution in [0.15, 0.2) is 12.1 Å². The molecule has 1 aromatic carbocycles. The summed E-state index contributed by atoms with van der Waals surface area (Å²) in [6.07, 6.45) is -5.47. The van der Waals surface area contributed by atoms with Crippen molar-refractivity contribution in [2.24, 2.45) is 11.8 Å². The molecule has 5 nitrogen and oxygen atoms in total. The van der Waals surface area contributed by atoms with E-state index in [1.165, 1.54) is 13.0 Å². The van der Waals surface area contributed by atoms with Crippen molar-refractivity contribution in [3.8, 4) is 0 Å². The number of amides is 2. The zero-order valence-corrected chi connectivity index (χ0v) is 15.5. The topological polar surface area (TPSA) is 66.8 Å². The van der Waals surface area contributed by atoms with Gasteiger partial charge in [0.05, 0.1) is 39.8 Å². The molecule has 1 aromatic rings. The van der Waals surface area contributed by atoms with Crippen LogP contribution in [-0.2, 0) is 20.5 Å². The minimum absolute atomic E-state index is 0.141. The molecule has 3 saturated heterocycles. The molecule has 0 saturated carbocycles. The van der Waals surface area contributed by atoms with Gasteiger partial charge in [-0.2, -0.15) is 13.2 Å². The van der Waals surface area contributed by atoms with Crippen molar-refractivity contribution in [1.29, 1.82) is 0 Å². The van der Waals surface area contributed by atoms with E-state index < -0.39 is 57.7 Å². The molecule has 5 unspecified atom stereocenters. The lowest BCUT2D eigenvalue weighted by Gasteiger charge is -2.31. The number of carbonyl (C=O) groups excluding carboxylic acids is 2. The molecule has 2 bridgehead atoms. The summed E-state index contributed by atoms with van der Waals surface area (Å²) in [6, 6.07) is 2.28. The number of nitrogens with zero attached hydrogens (tertiary/aromatic N) is 1. The second-order valence-electron chi connectivity index (χ2n) is 7.85. The summed E-state index contributed by atoms with van der Waals surface area (Å²) in [5, 5.41) is 9.82. The first kappa shape index (κ1) is 18.7. The van der Waals surface area contributed by atoms with Crippen molar-refractivity contribution in [2.75, 3.05) is 4.90 Å². The van der Waals surface area contributed by atoms with Gasteiger partial charge in [0.1, 0.15) is 5.60 Å². The number of hydrogen-bond donors (Lipinski definition) is 1. The Morgan fingerprint density at radius 2 is 1.81 bits per heavy atom. The van der Waals surface area contributed by atoms with Crippen molar-refractivity contribution in [3.63, 3.8) is 0 Å². The maximum Gasteiger partial charge on any atom is 0.418 e. The number of carbonyl (C=O) groups is 2. The number of aliphatic hydroxyl groups excluding tert-OH is 1. The van der Waals surface area contributed by atoms with Gasteiger partial charge in [0.15, 0.2) is 0 Å². The molecule has 27 heavy (non-hydrogen) atoms. The monoisotopic (exact) mass is 403 g/mol. The molecular formula is C18H17ClF3NO4. The fraction of sp³-hybridized carbons (Fsp3) is 0.556. The number of benzene rings is 1. The van der Waals surface area contributed by atoms with E-state index in [1.54, 1.807) is 13.8 Å². The second-order valence-corrected chi connectivity index (χ2v) is 8.26. The van der Waals surface area contributed by atoms with Gasteiger partial charge in [-0.25, -0.2) is 4.90 Å². The van der Waals surface area contributed by atoms with Crippen LogP contribution in [0.2, 0.25) is 5.02 Å². The summed E-state index contributed by atoms with van der Waals surface area (Å²) in [7, 11) is 0. The van der Waals surface area contributed by atoms with Crippen LogP contribution in [-0.4, -0.2) is 34.2 Å². The van der Waals surface area contributed by atoms with Gasteiger partial charge in [-0.15, -0.1) is 0 Å². The summed E-state index contributed by atoms with van der Waals surface area (Å²) >= 11 is 5.72. The molecule has 3 aliphatic heterocycles. The van der Waals surface area contributed by atoms with E-state index in [4.69, 9.17) is 16.3 Å². The minimum atomic E-state index is -4.73. The van der Waals surface area contributed by atoms with Crippen molar-refractivity contribution < 1.29 is 32.6 Å². The maximum absolute atomic E-state index is 13.4. The molecule has 3 aliphatic rings. The molecule has 4 rings (SSSR count). The first-order chi connectivity index (χ1) is 12.3. The van der Waals surface area contributed by atoms with E-state index in [2.05, 4.69) is 0 Å². The quantitative estimate of drug-likeness (QED) is 0.732. The standard InChI is InChI=1S/C18H17ClF3NO4/c1-7-9(5-4-8(19)11(7)18(20,21)22)23-14(25)12-13(15(23)26)17(3)10(24)6-16(12,2)27-17/h4-5,10,12-13,24H,6H2,1-3H3. The number of imide groups is 1. The SMILES string of the molecule is Cc1c(N2C(=O)C3C(C2=O)C2(C)OC3(C)CC2O)ccc(Cl)c1C(F)(F)F. The Balaban J connectivity index is 1.85. The zero-order valence-electron chi connectivity index (χ0n) is 14.7. The van der Waals surface area contributed by atoms with Crippen molar-refractivity contribution >= 4 is 29.1 Å². The predicted molar refractivity (Wildman–Crippen MR) is 89.2 cm³/mol. The number of ether oxygens (including phenoxy) is 1. The Morgan fingerprint density at radius 3 is 2.41 bits per heavy atom. The average molecular weight is 404 g/mol. The lowest BCUT2D eigenvalue weighted by atomic mass is 9.67. The smallest absolute Gasteiger partial charge is 0.390 e. The molecule has 0 spiro atoms. The Labute approximate surface area is 158 Å². The number of alkyl halides is 3. The van der Waals surface area contributed by atoms with Gasteiger partial charge in [0.2, 0.25) is 11.8 Å². The first-order valence-electron chi connectivity index (χ1n) is 8.45. The Morgan fingerprint density at radius 1 is 1.22 bits per heavy atom. The van der Waals surface area contributed by atoms with Crippen LogP contribution >= 0.6 is 11.6 Å². The summed E-state index contributed by atoms with van der Waals surface area (Å²) < 4.78 is 46.0. The number of aliphatic hydroxyl groups is 1. The molecule has 0 radical (unpaired) electrons. The van der Waals surface area contributed by atoms with Crippen LogP contribution in [0.4, 0.5) is 18.9 Å². The molecule has 0 aromatic heterocycles. The number of anilines is 1. The molecule has 1 N–H and O–H groups in total. The van der Waals surface area contributed by atoms with E-state index in [-0.39, 0.29) is 17.7 Å². The Hall–Kier alpha value is -1.64. The van der Waals surface area contributed by atoms with Crippen molar-refractivity contribution in [3.05, 3.63) is 28.3 Å². The molecule has 9 heteroatoms. The molecule has 146 valence electrons. The third kappa shape index (κ3) is 2.20. The molecule has 3 heterocycles. The molecule has 2 amide bonds. The third-order valence-electron chi connectivity index (χ3n) is 6.20. The number of fused-ring (bicyclic) bond motifs is 5. The predicted octanol–water partition coefficient (Wildman–Crippen LogP) is 3.09. The lowest BCUT2D eigenvalue weighted by Crippen LogP contribution is -2.49. The molecule has 5 atom stereocenters. The van der Waals surface area contributed by atoms with Gasteiger partial charge in [0, 0.05) is 6.42 Å². The average Bonchev–Trinajstić information content (AvgIpc) is 3.01. The van der Waals surface area contributed by atoms with E-state index in [0.29, 0.717) is 0 Å². The van der Waals surface area contributed by atoms with E-state index in [1.807, 2.05) is 0 Å². The van der Waals surface area contributed by atoms with E-state index in [9.17, 15) is 27.9 Å². The highest BCUT2D eigenvalue weighted by Gasteiger charge is 2.75. The van der Waals surface area contributed by atoms with E-state index >= 15 is 0 Å². The summed E-state index contributed by atoms with van der Waals surface area (Å²) in [5.41, 5.74) is -3.78. The van der Waals surface area contributed by atoms with Crippen molar-refractivity contribution in [2.45, 2.75) is 50.7 Å². The van der Waals surface area contributed by atoms with Gasteiger partial charge < -0.3 is 9.84 Å². The van der Waals surface area contributed by atoms with Crippen LogP contribution in [0.5, 0.6) is 0 Å². The molecule has 0 aliphatic carbocycles. The Bertz CT molecular complexity index is 888. The fourth-order valence-corrected chi connectivity index (χ4v) is 5.33. The van der Waals surface area contributed by atoms with Gasteiger partial charge in [-0.1, -0.05) is 11.6 Å². The van der Waals surface area contributed by atoms with Crippen molar-refractivity contribution in [1.82, 2.24) is 0 Å². The molecular weight excluding hydrogens is 387 g/mol. The fourth-order valence-electron chi connectivity index (χ4n) is 5.02. The second kappa shape index (κ2) is 5.24. The van der Waals surface area contributed by atoms with Gasteiger partial charge in [0.25, 0.3) is 0 Å². The van der Waals surface area contributed by atoms with Crippen LogP contribution in [0.25, 0.3) is 0 Å². The number of halogens is 4. The largest absolute Gasteiger partial charge is 0.418 e. The van der Waals surface area contributed by atoms with Gasteiger partial charge in [-0.05, 0) is 38.5 Å². The zero-order chi connectivity index (χ0) is 20.1. The van der Waals surface area contributed by atoms with E-state index in [0.717, 1.165) is 11.0 Å². The highest BCUT2D eigenvalue weighted by Crippen LogP contribution is 2.61. The third-order valence-corrected chi connectivity index (χ3v) is 6.52. The first-order valence-corrected chi connectivity index (χ1v) is 8.83. The van der Waals surface area contributed by atoms with Crippen LogP contribution in [0, 0.1) is 18.8 Å². The lowest BCUT2D eigenvalue weighted by molar-refractivity contribution is -0.138. The highest BCUT2D eigenvalue weighted by atomic mass is 35.5. The number of rotatable bonds is 1. The van der Waals surface area contributed by atoms with Crippen LogP contribution < -0.4 is 4.90 Å². The number of hydrogen-bond acceptors (Lipinski definition) is 4. The normalized spacial score (nSPS) is 38.1. The Kier molecular flexibility index (Phi) is 3.63.